The van der Waals surface area contributed by atoms with Crippen molar-refractivity contribution in [1.82, 2.24) is 10.2 Å². The molecular weight excluding hydrogens is 478 g/mol. The van der Waals surface area contributed by atoms with Gasteiger partial charge in [0.1, 0.15) is 11.8 Å². The van der Waals surface area contributed by atoms with Gasteiger partial charge in [0.2, 0.25) is 11.8 Å². The number of nitrogens with one attached hydrogen (secondary N) is 1. The largest absolute Gasteiger partial charge is 0.573 e. The van der Waals surface area contributed by atoms with E-state index in [1.807, 2.05) is 0 Å². The highest BCUT2D eigenvalue weighted by molar-refractivity contribution is 6.05. The summed E-state index contributed by atoms with van der Waals surface area (Å²) >= 11 is 0. The summed E-state index contributed by atoms with van der Waals surface area (Å²) in [5, 5.41) is 2.19. The van der Waals surface area contributed by atoms with E-state index in [4.69, 9.17) is 4.74 Å². The maximum atomic E-state index is 14.5. The molecule has 2 heterocycles. The van der Waals surface area contributed by atoms with Crippen molar-refractivity contribution in [3.8, 4) is 11.5 Å². The van der Waals surface area contributed by atoms with Crippen LogP contribution in [0.15, 0.2) is 36.4 Å². The summed E-state index contributed by atoms with van der Waals surface area (Å²) in [4.78, 5) is 50.9. The molecular formula is C22H17F4N3O6. The number of hydrogen-bond donors (Lipinski definition) is 1. The van der Waals surface area contributed by atoms with Crippen molar-refractivity contribution in [2.45, 2.75) is 31.8 Å². The van der Waals surface area contributed by atoms with Gasteiger partial charge in [-0.25, -0.2) is 9.18 Å². The van der Waals surface area contributed by atoms with E-state index in [1.165, 1.54) is 23.1 Å². The monoisotopic (exact) mass is 495 g/mol. The number of hydrogen-bond acceptors (Lipinski definition) is 6. The molecule has 184 valence electrons. The van der Waals surface area contributed by atoms with Crippen LogP contribution in [-0.2, 0) is 16.1 Å². The quantitative estimate of drug-likeness (QED) is 0.516. The molecule has 35 heavy (non-hydrogen) atoms. The summed E-state index contributed by atoms with van der Waals surface area (Å²) in [7, 11) is 1.08. The van der Waals surface area contributed by atoms with Crippen LogP contribution in [0.25, 0.3) is 0 Å². The van der Waals surface area contributed by atoms with Crippen molar-refractivity contribution >= 4 is 29.5 Å². The molecule has 1 atom stereocenters. The maximum Gasteiger partial charge on any atom is 0.573 e. The molecule has 13 heteroatoms. The number of carbonyl (C=O) groups is 4. The molecule has 2 aromatic carbocycles. The average molecular weight is 495 g/mol. The zero-order valence-electron chi connectivity index (χ0n) is 18.0. The highest BCUT2D eigenvalue weighted by Crippen LogP contribution is 2.33. The fourth-order valence-corrected chi connectivity index (χ4v) is 3.83. The smallest absolute Gasteiger partial charge is 0.410 e. The zero-order chi connectivity index (χ0) is 25.5. The summed E-state index contributed by atoms with van der Waals surface area (Å²) in [5.74, 6) is -4.11. The molecule has 1 N–H and O–H groups in total. The van der Waals surface area contributed by atoms with Crippen LogP contribution in [0.1, 0.15) is 28.8 Å². The number of amides is 4. The Morgan fingerprint density at radius 3 is 2.60 bits per heavy atom. The van der Waals surface area contributed by atoms with E-state index in [0.29, 0.717) is 10.5 Å². The standard InChI is InChI=1S/C22H17F4N3O6/c1-28(14-3-2-4-16(18(14)23)35-22(24,25)26)21(33)34-12-6-5-11-10-29(20(32)13(11)9-12)15-7-8-17(30)27-19(15)31/h2-6,9,15H,7-8,10H2,1H3,(H,27,30,31). The summed E-state index contributed by atoms with van der Waals surface area (Å²) in [5.41, 5.74) is 0.211. The van der Waals surface area contributed by atoms with Crippen molar-refractivity contribution < 1.29 is 46.2 Å². The van der Waals surface area contributed by atoms with Crippen molar-refractivity contribution in [3.63, 3.8) is 0 Å². The first-order chi connectivity index (χ1) is 16.4. The SMILES string of the molecule is CN(C(=O)Oc1ccc2c(c1)C(=O)N(C1CCC(=O)NC1=O)C2)c1cccc(OC(F)(F)F)c1F. The summed E-state index contributed by atoms with van der Waals surface area (Å²) in [6.45, 7) is 0.117. The average Bonchev–Trinajstić information content (AvgIpc) is 3.09. The number of rotatable bonds is 4. The minimum Gasteiger partial charge on any atom is -0.410 e. The van der Waals surface area contributed by atoms with E-state index < -0.39 is 53.5 Å². The lowest BCUT2D eigenvalue weighted by Gasteiger charge is -2.29. The zero-order valence-corrected chi connectivity index (χ0v) is 18.0. The third kappa shape index (κ3) is 4.88. The first-order valence-corrected chi connectivity index (χ1v) is 10.2. The molecule has 0 bridgehead atoms. The van der Waals surface area contributed by atoms with Crippen LogP contribution in [0, 0.1) is 5.82 Å². The topological polar surface area (TPSA) is 105 Å². The Morgan fingerprint density at radius 2 is 1.91 bits per heavy atom. The van der Waals surface area contributed by atoms with Crippen LogP contribution in [0.5, 0.6) is 11.5 Å². The lowest BCUT2D eigenvalue weighted by molar-refractivity contribution is -0.275. The Bertz CT molecular complexity index is 1230. The van der Waals surface area contributed by atoms with Gasteiger partial charge in [-0.1, -0.05) is 12.1 Å². The fraction of sp³-hybridized carbons (Fsp3) is 0.273. The Balaban J connectivity index is 1.48. The van der Waals surface area contributed by atoms with Crippen LogP contribution < -0.4 is 19.7 Å². The van der Waals surface area contributed by atoms with Gasteiger partial charge in [-0.3, -0.25) is 24.6 Å². The van der Waals surface area contributed by atoms with E-state index in [0.717, 1.165) is 25.2 Å². The van der Waals surface area contributed by atoms with Crippen LogP contribution in [0.2, 0.25) is 0 Å². The number of anilines is 1. The Morgan fingerprint density at radius 1 is 1.17 bits per heavy atom. The third-order valence-electron chi connectivity index (χ3n) is 5.51. The maximum absolute atomic E-state index is 14.5. The minimum absolute atomic E-state index is 0.0813. The molecule has 9 nitrogen and oxygen atoms in total. The van der Waals surface area contributed by atoms with E-state index in [9.17, 15) is 36.7 Å². The van der Waals surface area contributed by atoms with Crippen molar-refractivity contribution in [1.29, 1.82) is 0 Å². The molecule has 0 radical (unpaired) electrons. The summed E-state index contributed by atoms with van der Waals surface area (Å²) in [6.07, 6.45) is -5.99. The van der Waals surface area contributed by atoms with Crippen LogP contribution in [0.4, 0.5) is 28.0 Å². The lowest BCUT2D eigenvalue weighted by Crippen LogP contribution is -2.52. The highest BCUT2D eigenvalue weighted by atomic mass is 19.4. The predicted octanol–water partition coefficient (Wildman–Crippen LogP) is 3.12. The normalized spacial score (nSPS) is 17.7. The molecule has 2 aromatic rings. The Labute approximate surface area is 195 Å². The number of halogens is 4. The first-order valence-electron chi connectivity index (χ1n) is 10.2. The highest BCUT2D eigenvalue weighted by Gasteiger charge is 2.39. The van der Waals surface area contributed by atoms with Gasteiger partial charge in [-0.2, -0.15) is 0 Å². The molecule has 2 aliphatic rings. The van der Waals surface area contributed by atoms with Gasteiger partial charge in [-0.15, -0.1) is 13.2 Å². The van der Waals surface area contributed by atoms with E-state index in [-0.39, 0.29) is 30.7 Å². The molecule has 1 fully saturated rings. The Hall–Kier alpha value is -4.16. The van der Waals surface area contributed by atoms with Crippen molar-refractivity contribution in [3.05, 3.63) is 53.3 Å². The summed E-state index contributed by atoms with van der Waals surface area (Å²) in [6, 6.07) is 6.23. The summed E-state index contributed by atoms with van der Waals surface area (Å²) < 4.78 is 60.7. The third-order valence-corrected chi connectivity index (χ3v) is 5.51. The van der Waals surface area contributed by atoms with Crippen LogP contribution in [0.3, 0.4) is 0 Å². The van der Waals surface area contributed by atoms with E-state index >= 15 is 0 Å². The number of nitrogens with zero attached hydrogens (tertiary/aromatic N) is 2. The molecule has 0 spiro atoms. The lowest BCUT2D eigenvalue weighted by atomic mass is 10.0. The fourth-order valence-electron chi connectivity index (χ4n) is 3.83. The second-order valence-electron chi connectivity index (χ2n) is 7.78. The first kappa shape index (κ1) is 24.0. The molecule has 0 saturated carbocycles. The number of benzene rings is 2. The predicted molar refractivity (Wildman–Crippen MR) is 110 cm³/mol. The molecule has 0 aromatic heterocycles. The molecule has 1 saturated heterocycles. The van der Waals surface area contributed by atoms with Gasteiger partial charge in [0, 0.05) is 25.6 Å². The number of imide groups is 1. The van der Waals surface area contributed by atoms with Crippen LogP contribution in [-0.4, -0.2) is 48.2 Å². The van der Waals surface area contributed by atoms with Gasteiger partial charge in [0.15, 0.2) is 11.6 Å². The molecule has 2 aliphatic heterocycles. The molecule has 1 unspecified atom stereocenters. The van der Waals surface area contributed by atoms with Crippen molar-refractivity contribution in [2.75, 3.05) is 11.9 Å². The second-order valence-corrected chi connectivity index (χ2v) is 7.78. The Kier molecular flexibility index (Phi) is 6.09. The number of piperidine rings is 1. The minimum atomic E-state index is -5.13. The second kappa shape index (κ2) is 8.89. The molecule has 4 rings (SSSR count). The number of alkyl halides is 3. The number of carbonyl (C=O) groups excluding carboxylic acids is 4. The number of fused-ring (bicyclic) bond motifs is 1. The van der Waals surface area contributed by atoms with Crippen molar-refractivity contribution in [2.24, 2.45) is 0 Å². The van der Waals surface area contributed by atoms with Gasteiger partial charge < -0.3 is 14.4 Å². The van der Waals surface area contributed by atoms with Gasteiger partial charge in [-0.05, 0) is 36.2 Å². The van der Waals surface area contributed by atoms with Gasteiger partial charge in [0.05, 0.1) is 5.69 Å². The molecule has 4 amide bonds. The van der Waals surface area contributed by atoms with Gasteiger partial charge >= 0.3 is 12.5 Å². The van der Waals surface area contributed by atoms with Gasteiger partial charge in [0.25, 0.3) is 5.91 Å². The molecule has 0 aliphatic carbocycles. The van der Waals surface area contributed by atoms with Crippen LogP contribution >= 0.6 is 0 Å². The number of ether oxygens (including phenoxy) is 2. The van der Waals surface area contributed by atoms with E-state index in [1.54, 1.807) is 0 Å². The van der Waals surface area contributed by atoms with E-state index in [2.05, 4.69) is 10.1 Å².